The summed E-state index contributed by atoms with van der Waals surface area (Å²) in [5, 5.41) is 5.50. The van der Waals surface area contributed by atoms with Gasteiger partial charge in [-0.2, -0.15) is 0 Å². The van der Waals surface area contributed by atoms with Crippen LogP contribution in [0.5, 0.6) is 0 Å². The Morgan fingerprint density at radius 3 is 0.529 bits per heavy atom. The molecule has 0 spiro atoms. The van der Waals surface area contributed by atoms with Gasteiger partial charge in [-0.05, 0) is 0 Å². The molecule has 0 aliphatic heterocycles. The third-order valence-electron chi connectivity index (χ3n) is 11.7. The standard InChI is InChI=1S/2C18H12F3OSi.C18H15OSi.O.V/c2*19-13-1-7-16(8-2-13)23(22,17-9-3-14(20)4-10-17)18-11-5-15(21)6-12-18;19-20(16-10-4-1-5-11-16,17-12-6-2-7-13-17)18-14-8-3-9-15-18;;/h2*1-12H;1-15H;;/q3*-1;-2;+5. The second-order valence-electron chi connectivity index (χ2n) is 15.7. The summed E-state index contributed by atoms with van der Waals surface area (Å²) in [6.07, 6.45) is 0. The molecule has 0 saturated carbocycles. The van der Waals surface area contributed by atoms with Crippen molar-refractivity contribution >= 4 is 71.6 Å². The Morgan fingerprint density at radius 2 is 0.368 bits per heavy atom. The van der Waals surface area contributed by atoms with Crippen LogP contribution in [0, 0.1) is 34.9 Å². The van der Waals surface area contributed by atoms with Crippen LogP contribution in [0.2, 0.25) is 0 Å². The first kappa shape index (κ1) is 48.1. The van der Waals surface area contributed by atoms with E-state index in [1.807, 2.05) is 91.0 Å². The number of halogens is 6. The molecule has 0 aliphatic rings. The summed E-state index contributed by atoms with van der Waals surface area (Å²) < 4.78 is 114. The van der Waals surface area contributed by atoms with Crippen LogP contribution in [-0.2, 0) is 31.7 Å². The summed E-state index contributed by atoms with van der Waals surface area (Å²) in [6, 6.07) is 64.1. The summed E-state index contributed by atoms with van der Waals surface area (Å²) >= 11 is -4.20. The summed E-state index contributed by atoms with van der Waals surface area (Å²) in [6.45, 7) is 0. The molecule has 14 heteroatoms. The minimum Gasteiger partial charge on any atom is -2.00 e. The molecule has 0 aromatic heterocycles. The largest absolute Gasteiger partial charge is 2.00 e. The quantitative estimate of drug-likeness (QED) is 0.0626. The van der Waals surface area contributed by atoms with E-state index in [-0.39, 0.29) is 5.48 Å². The van der Waals surface area contributed by atoms with Crippen LogP contribution >= 0.6 is 0 Å². The van der Waals surface area contributed by atoms with Crippen LogP contribution in [0.4, 0.5) is 26.3 Å². The van der Waals surface area contributed by atoms with Crippen LogP contribution in [0.15, 0.2) is 237 Å². The zero-order chi connectivity index (χ0) is 46.4. The molecule has 338 valence electrons. The summed E-state index contributed by atoms with van der Waals surface area (Å²) in [5.74, 6) is -3.13. The first-order valence-corrected chi connectivity index (χ1v) is 28.6. The van der Waals surface area contributed by atoms with E-state index in [4.69, 9.17) is 10.1 Å². The second kappa shape index (κ2) is 20.9. The molecular weight excluding hydrogens is 962 g/mol. The van der Waals surface area contributed by atoms with Crippen molar-refractivity contribution in [2.75, 3.05) is 0 Å². The van der Waals surface area contributed by atoms with E-state index in [1.165, 1.54) is 72.8 Å². The molecule has 9 rings (SSSR count). The Hall–Kier alpha value is -6.36. The van der Waals surface area contributed by atoms with Crippen molar-refractivity contribution in [2.24, 2.45) is 0 Å². The monoisotopic (exact) mass is 1000 g/mol. The molecule has 0 bridgehead atoms. The van der Waals surface area contributed by atoms with Gasteiger partial charge in [-0.25, -0.2) is 0 Å². The SMILES string of the molecule is Fc1ccc([Si]([O][V+2]([O][Si](c2ccccc2)(c2ccccc2)c2ccccc2)[O][Si](c2ccc(F)cc2)(c2ccc(F)cc2)c2ccc(F)cc2)(c2ccc(F)cc2)c2ccc(F)cc2)cc1.[O-2]. The van der Waals surface area contributed by atoms with Crippen LogP contribution in [0.3, 0.4) is 0 Å². The van der Waals surface area contributed by atoms with E-state index < -0.39 is 76.1 Å². The zero-order valence-corrected chi connectivity index (χ0v) is 40.3. The van der Waals surface area contributed by atoms with Gasteiger partial charge in [0.2, 0.25) is 0 Å². The average Bonchev–Trinajstić information content (AvgIpc) is 3.36. The molecule has 0 heterocycles. The van der Waals surface area contributed by atoms with Crippen molar-refractivity contribution in [2.45, 2.75) is 0 Å². The molecule has 9 aromatic carbocycles. The minimum absolute atomic E-state index is 0. The maximum Gasteiger partial charge on any atom is -2.00 e. The van der Waals surface area contributed by atoms with Gasteiger partial charge in [0.1, 0.15) is 0 Å². The van der Waals surface area contributed by atoms with E-state index in [0.29, 0.717) is 31.1 Å². The number of hydrogen-bond donors (Lipinski definition) is 0. The molecule has 0 radical (unpaired) electrons. The fraction of sp³-hybridized carbons (Fsp3) is 0. The number of rotatable bonds is 15. The average molecular weight is 1000 g/mol. The summed E-state index contributed by atoms with van der Waals surface area (Å²) in [7, 11) is -12.3. The molecule has 4 nitrogen and oxygen atoms in total. The first-order valence-electron chi connectivity index (χ1n) is 21.2. The van der Waals surface area contributed by atoms with Crippen molar-refractivity contribution in [3.05, 3.63) is 271 Å². The molecule has 0 aliphatic carbocycles. The second-order valence-corrected chi connectivity index (χ2v) is 28.8. The molecule has 68 heavy (non-hydrogen) atoms. The molecule has 0 unspecified atom stereocenters. The maximum absolute atomic E-state index is 15.1. The normalized spacial score (nSPS) is 11.7. The van der Waals surface area contributed by atoms with Gasteiger partial charge < -0.3 is 5.48 Å². The fourth-order valence-electron chi connectivity index (χ4n) is 8.49. The molecule has 0 atom stereocenters. The van der Waals surface area contributed by atoms with Crippen LogP contribution in [0.25, 0.3) is 0 Å². The smallest absolute Gasteiger partial charge is 2.00 e. The van der Waals surface area contributed by atoms with Crippen LogP contribution in [-0.4, -0.2) is 25.0 Å². The van der Waals surface area contributed by atoms with Crippen molar-refractivity contribution in [3.63, 3.8) is 0 Å². The van der Waals surface area contributed by atoms with Gasteiger partial charge in [0.25, 0.3) is 0 Å². The minimum atomic E-state index is -4.21. The number of hydrogen-bond acceptors (Lipinski definition) is 3. The van der Waals surface area contributed by atoms with E-state index in [1.54, 1.807) is 72.8 Å². The molecule has 0 fully saturated rings. The van der Waals surface area contributed by atoms with E-state index in [2.05, 4.69) is 0 Å². The summed E-state index contributed by atoms with van der Waals surface area (Å²) in [4.78, 5) is 0. The zero-order valence-electron chi connectivity index (χ0n) is 35.9. The van der Waals surface area contributed by atoms with Crippen molar-refractivity contribution in [3.8, 4) is 0 Å². The van der Waals surface area contributed by atoms with Gasteiger partial charge in [0, 0.05) is 0 Å². The number of benzene rings is 9. The Bertz CT molecular complexity index is 2570. The predicted octanol–water partition coefficient (Wildman–Crippen LogP) is 7.12. The molecule has 0 amide bonds. The third-order valence-corrected chi connectivity index (χ3v) is 29.2. The predicted molar refractivity (Wildman–Crippen MR) is 256 cm³/mol. The Labute approximate surface area is 399 Å². The maximum atomic E-state index is 15.1. The first-order chi connectivity index (χ1) is 32.6. The van der Waals surface area contributed by atoms with Crippen molar-refractivity contribution < 1.29 is 58.1 Å². The fourth-order valence-corrected chi connectivity index (χ4v) is 28.5. The van der Waals surface area contributed by atoms with E-state index in [0.717, 1.165) is 15.6 Å². The van der Waals surface area contributed by atoms with Gasteiger partial charge in [0.05, 0.1) is 0 Å². The third kappa shape index (κ3) is 9.54. The van der Waals surface area contributed by atoms with Crippen molar-refractivity contribution in [1.82, 2.24) is 0 Å². The van der Waals surface area contributed by atoms with E-state index in [9.17, 15) is 0 Å². The van der Waals surface area contributed by atoms with Crippen molar-refractivity contribution in [1.29, 1.82) is 0 Å². The van der Waals surface area contributed by atoms with Crippen LogP contribution in [0.1, 0.15) is 0 Å². The Kier molecular flexibility index (Phi) is 14.8. The van der Waals surface area contributed by atoms with Gasteiger partial charge in [0.15, 0.2) is 0 Å². The van der Waals surface area contributed by atoms with Gasteiger partial charge in [-0.15, -0.1) is 0 Å². The topological polar surface area (TPSA) is 56.2 Å². The Morgan fingerprint density at radius 1 is 0.221 bits per heavy atom. The molecule has 0 N–H and O–H groups in total. The summed E-state index contributed by atoms with van der Waals surface area (Å²) in [5.41, 5.74) is 0. The van der Waals surface area contributed by atoms with Gasteiger partial charge in [-0.1, -0.05) is 0 Å². The Balaban J connectivity index is 0.00000625. The van der Waals surface area contributed by atoms with E-state index >= 15 is 26.3 Å². The molecular formula is C54H39F6O4Si3V. The molecule has 0 saturated heterocycles. The molecule has 9 aromatic rings. The van der Waals surface area contributed by atoms with Crippen LogP contribution < -0.4 is 46.7 Å². The van der Waals surface area contributed by atoms with Gasteiger partial charge in [-0.3, -0.25) is 0 Å². The van der Waals surface area contributed by atoms with Gasteiger partial charge >= 0.3 is 396 Å².